The van der Waals surface area contributed by atoms with Gasteiger partial charge in [-0.2, -0.15) is 4.98 Å². The van der Waals surface area contributed by atoms with Crippen molar-refractivity contribution in [3.8, 4) is 6.01 Å². The molecule has 1 N–H and O–H groups in total. The van der Waals surface area contributed by atoms with Crippen LogP contribution < -0.4 is 10.1 Å². The van der Waals surface area contributed by atoms with Crippen LogP contribution in [0.3, 0.4) is 0 Å². The van der Waals surface area contributed by atoms with Crippen molar-refractivity contribution < 1.29 is 4.74 Å². The smallest absolute Gasteiger partial charge is 0.318 e. The van der Waals surface area contributed by atoms with Crippen LogP contribution in [-0.2, 0) is 0 Å². The highest BCUT2D eigenvalue weighted by Crippen LogP contribution is 2.30. The van der Waals surface area contributed by atoms with Crippen LogP contribution >= 0.6 is 11.6 Å². The van der Waals surface area contributed by atoms with Gasteiger partial charge in [-0.15, -0.1) is 0 Å². The molecule has 1 aromatic heterocycles. The Morgan fingerprint density at radius 1 is 1.37 bits per heavy atom. The summed E-state index contributed by atoms with van der Waals surface area (Å²) in [6.07, 6.45) is 9.20. The predicted molar refractivity (Wildman–Crippen MR) is 77.9 cm³/mol. The summed E-state index contributed by atoms with van der Waals surface area (Å²) in [5, 5.41) is 3.98. The number of methoxy groups -OCH3 is 1. The van der Waals surface area contributed by atoms with E-state index < -0.39 is 0 Å². The molecule has 0 unspecified atom stereocenters. The van der Waals surface area contributed by atoms with E-state index in [0.717, 1.165) is 5.92 Å². The van der Waals surface area contributed by atoms with Crippen molar-refractivity contribution >= 4 is 17.4 Å². The highest BCUT2D eigenvalue weighted by Gasteiger charge is 2.21. The minimum atomic E-state index is 0.353. The Balaban J connectivity index is 1.91. The minimum Gasteiger partial charge on any atom is -0.467 e. The summed E-state index contributed by atoms with van der Waals surface area (Å²) in [4.78, 5) is 8.25. The fourth-order valence-electron chi connectivity index (χ4n) is 2.75. The summed E-state index contributed by atoms with van der Waals surface area (Å²) < 4.78 is 5.03. The van der Waals surface area contributed by atoms with Crippen LogP contribution in [0.15, 0.2) is 6.20 Å². The van der Waals surface area contributed by atoms with Crippen molar-refractivity contribution in [2.75, 3.05) is 12.4 Å². The standard InChI is InChI=1S/C14H22ClN3O/c1-3-4-10-5-7-11(8-6-10)17-13-12(15)9-16-14(18-13)19-2/h9-11H,3-8H2,1-2H3,(H,16,17,18). The number of nitrogens with one attached hydrogen (secondary N) is 1. The summed E-state index contributed by atoms with van der Waals surface area (Å²) in [6.45, 7) is 2.26. The van der Waals surface area contributed by atoms with Crippen molar-refractivity contribution in [2.45, 2.75) is 51.5 Å². The Bertz CT molecular complexity index is 406. The summed E-state index contributed by atoms with van der Waals surface area (Å²) in [7, 11) is 1.56. The molecule has 5 heteroatoms. The van der Waals surface area contributed by atoms with Crippen molar-refractivity contribution in [1.29, 1.82) is 0 Å². The van der Waals surface area contributed by atoms with E-state index in [-0.39, 0.29) is 0 Å². The second-order valence-electron chi connectivity index (χ2n) is 5.20. The monoisotopic (exact) mass is 283 g/mol. The van der Waals surface area contributed by atoms with Gasteiger partial charge in [0.05, 0.1) is 13.3 Å². The molecule has 1 saturated carbocycles. The average Bonchev–Trinajstić information content (AvgIpc) is 2.44. The highest BCUT2D eigenvalue weighted by molar-refractivity contribution is 6.32. The lowest BCUT2D eigenvalue weighted by molar-refractivity contribution is 0.318. The van der Waals surface area contributed by atoms with Crippen LogP contribution in [0.1, 0.15) is 45.4 Å². The van der Waals surface area contributed by atoms with E-state index in [0.29, 0.717) is 22.9 Å². The molecule has 0 amide bonds. The van der Waals surface area contributed by atoms with E-state index in [2.05, 4.69) is 22.2 Å². The van der Waals surface area contributed by atoms with Gasteiger partial charge in [0.15, 0.2) is 5.82 Å². The van der Waals surface area contributed by atoms with Gasteiger partial charge in [-0.25, -0.2) is 4.98 Å². The number of hydrogen-bond donors (Lipinski definition) is 1. The second-order valence-corrected chi connectivity index (χ2v) is 5.61. The maximum Gasteiger partial charge on any atom is 0.318 e. The third kappa shape index (κ3) is 3.96. The molecule has 106 valence electrons. The number of nitrogens with zero attached hydrogens (tertiary/aromatic N) is 2. The topological polar surface area (TPSA) is 47.0 Å². The Morgan fingerprint density at radius 3 is 2.74 bits per heavy atom. The van der Waals surface area contributed by atoms with E-state index >= 15 is 0 Å². The van der Waals surface area contributed by atoms with Gasteiger partial charge in [0.2, 0.25) is 0 Å². The SMILES string of the molecule is CCCC1CCC(Nc2nc(OC)ncc2Cl)CC1. The number of halogens is 1. The Kier molecular flexibility index (Phi) is 5.25. The molecule has 19 heavy (non-hydrogen) atoms. The summed E-state index contributed by atoms with van der Waals surface area (Å²) in [5.41, 5.74) is 0. The van der Waals surface area contributed by atoms with E-state index in [1.165, 1.54) is 38.5 Å². The average molecular weight is 284 g/mol. The van der Waals surface area contributed by atoms with Crippen LogP contribution in [0.5, 0.6) is 6.01 Å². The Morgan fingerprint density at radius 2 is 2.11 bits per heavy atom. The third-order valence-electron chi connectivity index (χ3n) is 3.79. The number of rotatable bonds is 5. The normalized spacial score (nSPS) is 23.1. The van der Waals surface area contributed by atoms with Crippen LogP contribution in [0.2, 0.25) is 5.02 Å². The van der Waals surface area contributed by atoms with Gasteiger partial charge in [-0.05, 0) is 31.6 Å². The van der Waals surface area contributed by atoms with E-state index in [9.17, 15) is 0 Å². The van der Waals surface area contributed by atoms with Crippen molar-refractivity contribution in [2.24, 2.45) is 5.92 Å². The molecular weight excluding hydrogens is 262 g/mol. The van der Waals surface area contributed by atoms with Crippen molar-refractivity contribution in [3.05, 3.63) is 11.2 Å². The molecule has 2 rings (SSSR count). The zero-order chi connectivity index (χ0) is 13.7. The van der Waals surface area contributed by atoms with Gasteiger partial charge in [0.1, 0.15) is 5.02 Å². The lowest BCUT2D eigenvalue weighted by Crippen LogP contribution is -2.26. The molecule has 0 saturated heterocycles. The fraction of sp³-hybridized carbons (Fsp3) is 0.714. The molecular formula is C14H22ClN3O. The quantitative estimate of drug-likeness (QED) is 0.890. The molecule has 1 aliphatic carbocycles. The maximum atomic E-state index is 6.11. The van der Waals surface area contributed by atoms with Crippen molar-refractivity contribution in [3.63, 3.8) is 0 Å². The molecule has 1 heterocycles. The molecule has 1 aromatic rings. The van der Waals surface area contributed by atoms with Crippen LogP contribution in [0.25, 0.3) is 0 Å². The summed E-state index contributed by atoms with van der Waals surface area (Å²) in [5.74, 6) is 1.59. The molecule has 0 aromatic carbocycles. The molecule has 0 radical (unpaired) electrons. The third-order valence-corrected chi connectivity index (χ3v) is 4.07. The van der Waals surface area contributed by atoms with E-state index in [1.807, 2.05) is 0 Å². The first-order chi connectivity index (χ1) is 9.22. The number of ether oxygens (including phenoxy) is 1. The maximum absolute atomic E-state index is 6.11. The molecule has 0 atom stereocenters. The van der Waals surface area contributed by atoms with Gasteiger partial charge >= 0.3 is 6.01 Å². The highest BCUT2D eigenvalue weighted by atomic mass is 35.5. The van der Waals surface area contributed by atoms with Crippen LogP contribution in [0, 0.1) is 5.92 Å². The lowest BCUT2D eigenvalue weighted by atomic mass is 9.83. The number of hydrogen-bond acceptors (Lipinski definition) is 4. The first-order valence-electron chi connectivity index (χ1n) is 7.06. The largest absolute Gasteiger partial charge is 0.467 e. The van der Waals surface area contributed by atoms with Gasteiger partial charge < -0.3 is 10.1 Å². The lowest BCUT2D eigenvalue weighted by Gasteiger charge is -2.29. The van der Waals surface area contributed by atoms with Crippen molar-refractivity contribution in [1.82, 2.24) is 9.97 Å². The summed E-state index contributed by atoms with van der Waals surface area (Å²) >= 11 is 6.11. The molecule has 0 bridgehead atoms. The van der Waals surface area contributed by atoms with Gasteiger partial charge in [0.25, 0.3) is 0 Å². The molecule has 0 spiro atoms. The van der Waals surface area contributed by atoms with Gasteiger partial charge in [-0.1, -0.05) is 31.4 Å². The van der Waals surface area contributed by atoms with Gasteiger partial charge in [-0.3, -0.25) is 0 Å². The predicted octanol–water partition coefficient (Wildman–Crippen LogP) is 3.91. The second kappa shape index (κ2) is 6.94. The zero-order valence-corrected chi connectivity index (χ0v) is 12.4. The molecule has 1 aliphatic rings. The molecule has 4 nitrogen and oxygen atoms in total. The Labute approximate surface area is 119 Å². The van der Waals surface area contributed by atoms with Crippen LogP contribution in [-0.4, -0.2) is 23.1 Å². The fourth-order valence-corrected chi connectivity index (χ4v) is 2.89. The first kappa shape index (κ1) is 14.4. The molecule has 0 aliphatic heterocycles. The summed E-state index contributed by atoms with van der Waals surface area (Å²) in [6, 6.07) is 0.816. The Hall–Kier alpha value is -1.03. The van der Waals surface area contributed by atoms with Gasteiger partial charge in [0, 0.05) is 6.04 Å². The van der Waals surface area contributed by atoms with E-state index in [1.54, 1.807) is 13.3 Å². The molecule has 1 fully saturated rings. The van der Waals surface area contributed by atoms with E-state index in [4.69, 9.17) is 16.3 Å². The number of anilines is 1. The van der Waals surface area contributed by atoms with Crippen LogP contribution in [0.4, 0.5) is 5.82 Å². The number of aromatic nitrogens is 2. The first-order valence-corrected chi connectivity index (χ1v) is 7.43. The zero-order valence-electron chi connectivity index (χ0n) is 11.7. The minimum absolute atomic E-state index is 0.353.